The van der Waals surface area contributed by atoms with E-state index in [2.05, 4.69) is 0 Å². The van der Waals surface area contributed by atoms with Crippen molar-refractivity contribution in [2.24, 2.45) is 5.41 Å². The number of nitrogens with zero attached hydrogens (tertiary/aromatic N) is 1. The van der Waals surface area contributed by atoms with E-state index in [-0.39, 0.29) is 25.0 Å². The number of ether oxygens (including phenoxy) is 1. The molecule has 1 aromatic rings. The van der Waals surface area contributed by atoms with Crippen LogP contribution in [-0.4, -0.2) is 40.6 Å². The number of likely N-dealkylation sites (tertiary alicyclic amines) is 1. The smallest absolute Gasteiger partial charge is 0.306 e. The highest BCUT2D eigenvalue weighted by molar-refractivity contribution is 5.90. The molecule has 1 N–H and O–H groups in total. The Balaban J connectivity index is 2.18. The summed E-state index contributed by atoms with van der Waals surface area (Å²) in [6.07, 6.45) is -0.996. The summed E-state index contributed by atoms with van der Waals surface area (Å²) in [5, 5.41) is 10.5. The molecule has 1 aliphatic rings. The van der Waals surface area contributed by atoms with Crippen LogP contribution in [0, 0.1) is 5.41 Å². The zero-order chi connectivity index (χ0) is 16.3. The zero-order valence-electron chi connectivity index (χ0n) is 13.3. The minimum atomic E-state index is -1.12. The fraction of sp³-hybridized carbons (Fsp3) is 0.529. The number of rotatable bonds is 5. The van der Waals surface area contributed by atoms with Gasteiger partial charge >= 0.3 is 5.97 Å². The molecule has 5 heteroatoms. The first-order valence-corrected chi connectivity index (χ1v) is 7.59. The Bertz CT molecular complexity index is 545. The number of amides is 1. The fourth-order valence-electron chi connectivity index (χ4n) is 3.03. The monoisotopic (exact) mass is 305 g/mol. The Kier molecular flexibility index (Phi) is 4.86. The largest absolute Gasteiger partial charge is 0.466 e. The summed E-state index contributed by atoms with van der Waals surface area (Å²) in [6.45, 7) is 5.86. The van der Waals surface area contributed by atoms with E-state index in [4.69, 9.17) is 4.74 Å². The average Bonchev–Trinajstić information content (AvgIpc) is 2.64. The molecule has 1 amide bonds. The highest BCUT2D eigenvalue weighted by atomic mass is 16.5. The summed E-state index contributed by atoms with van der Waals surface area (Å²) in [7, 11) is 0. The van der Waals surface area contributed by atoms with Crippen molar-refractivity contribution in [3.05, 3.63) is 35.9 Å². The molecule has 120 valence electrons. The van der Waals surface area contributed by atoms with Crippen LogP contribution in [-0.2, 0) is 20.9 Å². The van der Waals surface area contributed by atoms with Crippen LogP contribution in [0.5, 0.6) is 0 Å². The van der Waals surface area contributed by atoms with Crippen molar-refractivity contribution in [2.45, 2.75) is 45.9 Å². The molecule has 1 heterocycles. The first-order chi connectivity index (χ1) is 10.4. The highest BCUT2D eigenvalue weighted by Crippen LogP contribution is 2.40. The third kappa shape index (κ3) is 2.99. The van der Waals surface area contributed by atoms with E-state index in [1.165, 1.54) is 0 Å². The number of benzene rings is 1. The second kappa shape index (κ2) is 6.48. The van der Waals surface area contributed by atoms with Gasteiger partial charge in [0.2, 0.25) is 5.91 Å². The number of aliphatic hydroxyl groups is 1. The molecule has 2 rings (SSSR count). The van der Waals surface area contributed by atoms with E-state index in [9.17, 15) is 14.7 Å². The summed E-state index contributed by atoms with van der Waals surface area (Å²) in [4.78, 5) is 26.2. The Labute approximate surface area is 130 Å². The predicted molar refractivity (Wildman–Crippen MR) is 81.8 cm³/mol. The van der Waals surface area contributed by atoms with Gasteiger partial charge in [-0.25, -0.2) is 0 Å². The molecule has 0 spiro atoms. The lowest BCUT2D eigenvalue weighted by Crippen LogP contribution is -2.38. The van der Waals surface area contributed by atoms with E-state index < -0.39 is 17.5 Å². The number of hydrogen-bond donors (Lipinski definition) is 1. The molecule has 3 atom stereocenters. The van der Waals surface area contributed by atoms with Gasteiger partial charge < -0.3 is 14.7 Å². The molecule has 5 nitrogen and oxygen atoms in total. The van der Waals surface area contributed by atoms with Crippen LogP contribution in [0.1, 0.15) is 32.8 Å². The van der Waals surface area contributed by atoms with Crippen LogP contribution in [0.3, 0.4) is 0 Å². The lowest BCUT2D eigenvalue weighted by molar-refractivity contribution is -0.152. The van der Waals surface area contributed by atoms with Crippen LogP contribution in [0.2, 0.25) is 0 Å². The van der Waals surface area contributed by atoms with Crippen LogP contribution >= 0.6 is 0 Å². The van der Waals surface area contributed by atoms with E-state index in [0.29, 0.717) is 6.54 Å². The van der Waals surface area contributed by atoms with Gasteiger partial charge in [0.1, 0.15) is 0 Å². The third-order valence-corrected chi connectivity index (χ3v) is 4.36. The summed E-state index contributed by atoms with van der Waals surface area (Å²) < 4.78 is 4.93. The lowest BCUT2D eigenvalue weighted by atomic mass is 9.81. The molecular formula is C17H23NO4. The zero-order valence-corrected chi connectivity index (χ0v) is 13.3. The Morgan fingerprint density at radius 2 is 2.00 bits per heavy atom. The number of carbonyl (C=O) groups excluding carboxylic acids is 2. The Hall–Kier alpha value is -1.88. The molecule has 1 fully saturated rings. The summed E-state index contributed by atoms with van der Waals surface area (Å²) in [5.74, 6) is -0.657. The van der Waals surface area contributed by atoms with Gasteiger partial charge in [-0.05, 0) is 26.3 Å². The van der Waals surface area contributed by atoms with Gasteiger partial charge in [-0.2, -0.15) is 0 Å². The van der Waals surface area contributed by atoms with E-state index >= 15 is 0 Å². The molecule has 0 aliphatic carbocycles. The molecule has 0 aromatic heterocycles. The highest BCUT2D eigenvalue weighted by Gasteiger charge is 2.55. The van der Waals surface area contributed by atoms with Crippen LogP contribution in [0.15, 0.2) is 30.3 Å². The van der Waals surface area contributed by atoms with Gasteiger partial charge in [-0.1, -0.05) is 30.3 Å². The van der Waals surface area contributed by atoms with Crippen molar-refractivity contribution in [2.75, 3.05) is 6.61 Å². The molecule has 22 heavy (non-hydrogen) atoms. The molecule has 0 saturated carbocycles. The van der Waals surface area contributed by atoms with Crippen molar-refractivity contribution >= 4 is 11.9 Å². The maximum atomic E-state index is 12.8. The van der Waals surface area contributed by atoms with Gasteiger partial charge in [0.05, 0.1) is 30.6 Å². The number of carbonyl (C=O) groups is 2. The molecule has 1 aromatic carbocycles. The van der Waals surface area contributed by atoms with Gasteiger partial charge in [0, 0.05) is 6.54 Å². The van der Waals surface area contributed by atoms with E-state index in [0.717, 1.165) is 5.56 Å². The minimum absolute atomic E-state index is 0.101. The summed E-state index contributed by atoms with van der Waals surface area (Å²) in [5.41, 5.74) is -0.129. The van der Waals surface area contributed by atoms with Gasteiger partial charge in [0.15, 0.2) is 0 Å². The third-order valence-electron chi connectivity index (χ3n) is 4.36. The second-order valence-electron chi connectivity index (χ2n) is 6.00. The molecule has 0 radical (unpaired) electrons. The molecule has 1 saturated heterocycles. The predicted octanol–water partition coefficient (Wildman–Crippen LogP) is 1.74. The SMILES string of the molecule is CCOC(=O)CC1(C)C(=O)N(Cc2ccccc2)[C@H](C)C1O. The topological polar surface area (TPSA) is 66.8 Å². The Morgan fingerprint density at radius 3 is 2.59 bits per heavy atom. The second-order valence-corrected chi connectivity index (χ2v) is 6.00. The lowest BCUT2D eigenvalue weighted by Gasteiger charge is -2.24. The van der Waals surface area contributed by atoms with Crippen molar-refractivity contribution in [3.63, 3.8) is 0 Å². The maximum Gasteiger partial charge on any atom is 0.306 e. The van der Waals surface area contributed by atoms with Crippen LogP contribution in [0.25, 0.3) is 0 Å². The van der Waals surface area contributed by atoms with Crippen molar-refractivity contribution < 1.29 is 19.4 Å². The van der Waals surface area contributed by atoms with Crippen molar-refractivity contribution in [3.8, 4) is 0 Å². The first-order valence-electron chi connectivity index (χ1n) is 7.59. The maximum absolute atomic E-state index is 12.8. The van der Waals surface area contributed by atoms with Crippen LogP contribution < -0.4 is 0 Å². The summed E-state index contributed by atoms with van der Waals surface area (Å²) >= 11 is 0. The normalized spacial score (nSPS) is 28.0. The molecular weight excluding hydrogens is 282 g/mol. The van der Waals surface area contributed by atoms with Gasteiger partial charge in [-0.3, -0.25) is 9.59 Å². The van der Waals surface area contributed by atoms with Gasteiger partial charge in [-0.15, -0.1) is 0 Å². The Morgan fingerprint density at radius 1 is 1.36 bits per heavy atom. The molecule has 0 bridgehead atoms. The molecule has 2 unspecified atom stereocenters. The first kappa shape index (κ1) is 16.5. The van der Waals surface area contributed by atoms with Crippen molar-refractivity contribution in [1.82, 2.24) is 4.90 Å². The van der Waals surface area contributed by atoms with Gasteiger partial charge in [0.25, 0.3) is 0 Å². The average molecular weight is 305 g/mol. The van der Waals surface area contributed by atoms with E-state index in [1.807, 2.05) is 37.3 Å². The van der Waals surface area contributed by atoms with Crippen molar-refractivity contribution in [1.29, 1.82) is 0 Å². The molecule has 1 aliphatic heterocycles. The number of esters is 1. The van der Waals surface area contributed by atoms with E-state index in [1.54, 1.807) is 18.7 Å². The summed E-state index contributed by atoms with van der Waals surface area (Å²) in [6, 6.07) is 9.27. The number of hydrogen-bond acceptors (Lipinski definition) is 4. The minimum Gasteiger partial charge on any atom is -0.466 e. The number of aliphatic hydroxyl groups excluding tert-OH is 1. The standard InChI is InChI=1S/C17H23NO4/c1-4-22-14(19)10-17(3)15(20)12(2)18(16(17)21)11-13-8-6-5-7-9-13/h5-9,12,15,20H,4,10-11H2,1-3H3/t12-,15?,17?/m1/s1. The van der Waals surface area contributed by atoms with Crippen LogP contribution in [0.4, 0.5) is 0 Å². The quantitative estimate of drug-likeness (QED) is 0.842. The fourth-order valence-corrected chi connectivity index (χ4v) is 3.03.